The van der Waals surface area contributed by atoms with Crippen LogP contribution in [0.15, 0.2) is 64.0 Å². The third kappa shape index (κ3) is 5.05. The number of carbonyl (C=O) groups excluding carboxylic acids is 1. The molecular formula is C21H19ClN2O2S2. The lowest BCUT2D eigenvalue weighted by Gasteiger charge is -2.25. The Morgan fingerprint density at radius 1 is 1.25 bits per heavy atom. The van der Waals surface area contributed by atoms with Crippen molar-refractivity contribution in [3.05, 3.63) is 69.7 Å². The Hall–Kier alpha value is -2.07. The molecule has 1 aliphatic rings. The molecule has 3 rings (SSSR count). The second kappa shape index (κ2) is 9.92. The summed E-state index contributed by atoms with van der Waals surface area (Å²) in [5.41, 5.74) is 1.58. The zero-order valence-electron chi connectivity index (χ0n) is 15.3. The maximum atomic E-state index is 12.2. The Labute approximate surface area is 178 Å². The van der Waals surface area contributed by atoms with Crippen molar-refractivity contribution in [3.63, 3.8) is 0 Å². The smallest absolute Gasteiger partial charge is 0.225 e. The van der Waals surface area contributed by atoms with Crippen molar-refractivity contribution >= 4 is 41.0 Å². The van der Waals surface area contributed by atoms with E-state index in [2.05, 4.69) is 11.4 Å². The molecule has 0 unspecified atom stereocenters. The number of nitrogens with zero attached hydrogens (tertiary/aromatic N) is 1. The molecule has 0 radical (unpaired) electrons. The molecule has 0 fully saturated rings. The Morgan fingerprint density at radius 3 is 2.68 bits per heavy atom. The van der Waals surface area contributed by atoms with E-state index in [0.717, 1.165) is 10.5 Å². The van der Waals surface area contributed by atoms with Crippen molar-refractivity contribution in [2.45, 2.75) is 17.2 Å². The van der Waals surface area contributed by atoms with E-state index in [9.17, 15) is 10.1 Å². The minimum atomic E-state index is -0.221. The van der Waals surface area contributed by atoms with Gasteiger partial charge in [-0.05, 0) is 36.1 Å². The number of nitriles is 1. The number of para-hydroxylation sites is 1. The molecule has 2 aromatic carbocycles. The largest absolute Gasteiger partial charge is 0.491 e. The first-order valence-corrected chi connectivity index (χ1v) is 11.3. The van der Waals surface area contributed by atoms with E-state index < -0.39 is 0 Å². The summed E-state index contributed by atoms with van der Waals surface area (Å²) in [5.74, 6) is 0.914. The number of amides is 1. The molecule has 28 heavy (non-hydrogen) atoms. The van der Waals surface area contributed by atoms with Crippen LogP contribution in [0.5, 0.6) is 5.75 Å². The molecule has 2 aromatic rings. The summed E-state index contributed by atoms with van der Waals surface area (Å²) in [7, 11) is 0. The number of hydrogen-bond donors (Lipinski definition) is 1. The van der Waals surface area contributed by atoms with Crippen LogP contribution in [0.3, 0.4) is 0 Å². The van der Waals surface area contributed by atoms with Crippen molar-refractivity contribution in [1.82, 2.24) is 5.32 Å². The van der Waals surface area contributed by atoms with Gasteiger partial charge in [-0.3, -0.25) is 4.79 Å². The number of allylic oxidation sites excluding steroid dienone is 1. The lowest BCUT2D eigenvalue weighted by Crippen LogP contribution is -2.31. The van der Waals surface area contributed by atoms with E-state index in [4.69, 9.17) is 16.3 Å². The molecule has 1 atom stereocenters. The Morgan fingerprint density at radius 2 is 2.00 bits per heavy atom. The lowest BCUT2D eigenvalue weighted by molar-refractivity contribution is -0.120. The summed E-state index contributed by atoms with van der Waals surface area (Å²) < 4.78 is 5.69. The molecular weight excluding hydrogens is 412 g/mol. The second-order valence-corrected chi connectivity index (χ2v) is 8.45. The number of carbonyl (C=O) groups is 1. The van der Waals surface area contributed by atoms with Gasteiger partial charge in [0.1, 0.15) is 5.75 Å². The van der Waals surface area contributed by atoms with Gasteiger partial charge in [0.2, 0.25) is 5.91 Å². The molecule has 1 heterocycles. The summed E-state index contributed by atoms with van der Waals surface area (Å²) in [4.78, 5) is 13.4. The predicted octanol–water partition coefficient (Wildman–Crippen LogP) is 5.21. The maximum absolute atomic E-state index is 12.2. The number of hydrogen-bond acceptors (Lipinski definition) is 5. The van der Waals surface area contributed by atoms with Crippen molar-refractivity contribution in [3.8, 4) is 11.8 Å². The predicted molar refractivity (Wildman–Crippen MR) is 116 cm³/mol. The molecule has 0 aromatic heterocycles. The Balaban J connectivity index is 1.70. The van der Waals surface area contributed by atoms with Gasteiger partial charge in [-0.2, -0.15) is 5.26 Å². The van der Waals surface area contributed by atoms with Crippen molar-refractivity contribution in [2.75, 3.05) is 18.6 Å². The fourth-order valence-electron chi connectivity index (χ4n) is 2.91. The van der Waals surface area contributed by atoms with Crippen LogP contribution in [-0.4, -0.2) is 24.5 Å². The SMILES string of the molecule is CSc1ccc([C@@H]2CC(=O)NC(SCCOc3ccccc3Cl)=C2C#N)cc1. The third-order valence-corrected chi connectivity index (χ3v) is 6.34. The molecule has 144 valence electrons. The number of ether oxygens (including phenoxy) is 1. The molecule has 7 heteroatoms. The molecule has 0 spiro atoms. The molecule has 0 aliphatic carbocycles. The first-order chi connectivity index (χ1) is 13.6. The van der Waals surface area contributed by atoms with Crippen LogP contribution in [0.2, 0.25) is 5.02 Å². The van der Waals surface area contributed by atoms with E-state index in [0.29, 0.717) is 33.7 Å². The standard InChI is InChI=1S/C21H19ClN2O2S2/c1-27-15-8-6-14(7-9-15)16-12-20(25)24-21(17(16)13-23)28-11-10-26-19-5-3-2-4-18(19)22/h2-9,16H,10-12H2,1H3,(H,24,25)/t16-/m0/s1. The van der Waals surface area contributed by atoms with Gasteiger partial charge in [0.25, 0.3) is 0 Å². The first-order valence-electron chi connectivity index (χ1n) is 8.70. The fourth-order valence-corrected chi connectivity index (χ4v) is 4.41. The molecule has 0 saturated heterocycles. The van der Waals surface area contributed by atoms with E-state index in [1.807, 2.05) is 48.7 Å². The molecule has 4 nitrogen and oxygen atoms in total. The number of halogens is 1. The van der Waals surface area contributed by atoms with Gasteiger partial charge in [0, 0.05) is 23.0 Å². The number of thioether (sulfide) groups is 2. The molecule has 1 aliphatic heterocycles. The molecule has 1 N–H and O–H groups in total. The quantitative estimate of drug-likeness (QED) is 0.482. The highest BCUT2D eigenvalue weighted by Crippen LogP contribution is 2.36. The van der Waals surface area contributed by atoms with Gasteiger partial charge in [-0.15, -0.1) is 23.5 Å². The average Bonchev–Trinajstić information content (AvgIpc) is 2.72. The number of benzene rings is 2. The number of nitrogens with one attached hydrogen (secondary N) is 1. The van der Waals surface area contributed by atoms with E-state index in [-0.39, 0.29) is 18.2 Å². The molecule has 1 amide bonds. The van der Waals surface area contributed by atoms with Gasteiger partial charge < -0.3 is 10.1 Å². The highest BCUT2D eigenvalue weighted by Gasteiger charge is 2.29. The monoisotopic (exact) mass is 430 g/mol. The van der Waals surface area contributed by atoms with E-state index in [1.165, 1.54) is 11.8 Å². The van der Waals surface area contributed by atoms with E-state index >= 15 is 0 Å². The Bertz CT molecular complexity index is 923. The van der Waals surface area contributed by atoms with Crippen molar-refractivity contribution in [1.29, 1.82) is 5.26 Å². The lowest BCUT2D eigenvalue weighted by atomic mass is 9.87. The zero-order chi connectivity index (χ0) is 19.9. The minimum absolute atomic E-state index is 0.0764. The van der Waals surface area contributed by atoms with E-state index in [1.54, 1.807) is 17.8 Å². The van der Waals surface area contributed by atoms with Crippen molar-refractivity contribution in [2.24, 2.45) is 0 Å². The van der Waals surface area contributed by atoms with Crippen LogP contribution in [0.4, 0.5) is 0 Å². The van der Waals surface area contributed by atoms with Crippen LogP contribution in [0.1, 0.15) is 17.9 Å². The van der Waals surface area contributed by atoms with Gasteiger partial charge in [-0.1, -0.05) is 35.9 Å². The van der Waals surface area contributed by atoms with Gasteiger partial charge in [0.15, 0.2) is 0 Å². The number of rotatable bonds is 7. The topological polar surface area (TPSA) is 62.1 Å². The Kier molecular flexibility index (Phi) is 7.32. The fraction of sp³-hybridized carbons (Fsp3) is 0.238. The van der Waals surface area contributed by atoms with Gasteiger partial charge in [0.05, 0.1) is 28.3 Å². The van der Waals surface area contributed by atoms with Crippen LogP contribution in [0.25, 0.3) is 0 Å². The normalized spacial score (nSPS) is 16.5. The second-order valence-electron chi connectivity index (χ2n) is 6.06. The van der Waals surface area contributed by atoms with Crippen molar-refractivity contribution < 1.29 is 9.53 Å². The summed E-state index contributed by atoms with van der Waals surface area (Å²) in [6, 6.07) is 17.6. The third-order valence-electron chi connectivity index (χ3n) is 4.30. The summed E-state index contributed by atoms with van der Waals surface area (Å²) in [6.45, 7) is 0.416. The molecule has 0 saturated carbocycles. The highest BCUT2D eigenvalue weighted by molar-refractivity contribution is 8.03. The van der Waals surface area contributed by atoms with Crippen LogP contribution in [-0.2, 0) is 4.79 Å². The first kappa shape index (κ1) is 20.7. The maximum Gasteiger partial charge on any atom is 0.225 e. The summed E-state index contributed by atoms with van der Waals surface area (Å²) in [6.07, 6.45) is 2.30. The van der Waals surface area contributed by atoms with Gasteiger partial charge >= 0.3 is 0 Å². The minimum Gasteiger partial charge on any atom is -0.491 e. The molecule has 0 bridgehead atoms. The summed E-state index contributed by atoms with van der Waals surface area (Å²) >= 11 is 9.16. The van der Waals surface area contributed by atoms with Crippen LogP contribution >= 0.6 is 35.1 Å². The highest BCUT2D eigenvalue weighted by atomic mass is 35.5. The average molecular weight is 431 g/mol. The summed E-state index contributed by atoms with van der Waals surface area (Å²) in [5, 5.41) is 13.7. The van der Waals surface area contributed by atoms with Gasteiger partial charge in [-0.25, -0.2) is 0 Å². The van der Waals surface area contributed by atoms with Crippen LogP contribution < -0.4 is 10.1 Å². The zero-order valence-corrected chi connectivity index (χ0v) is 17.7. The van der Waals surface area contributed by atoms with Crippen LogP contribution in [0, 0.1) is 11.3 Å².